The van der Waals surface area contributed by atoms with Gasteiger partial charge in [-0.15, -0.1) is 0 Å². The van der Waals surface area contributed by atoms with E-state index in [1.165, 1.54) is 0 Å². The molecule has 1 spiro atoms. The number of urea groups is 1. The minimum absolute atomic E-state index is 0.296. The molecule has 3 amide bonds. The van der Waals surface area contributed by atoms with Gasteiger partial charge in [0.1, 0.15) is 11.9 Å². The third-order valence-corrected chi connectivity index (χ3v) is 4.47. The van der Waals surface area contributed by atoms with Crippen LogP contribution >= 0.6 is 0 Å². The Balaban J connectivity index is 1.86. The second kappa shape index (κ2) is 4.84. The fraction of sp³-hybridized carbons (Fsp3) is 0.222. The summed E-state index contributed by atoms with van der Waals surface area (Å²) >= 11 is 0. The highest BCUT2D eigenvalue weighted by Crippen LogP contribution is 2.46. The molecule has 2 N–H and O–H groups in total. The van der Waals surface area contributed by atoms with E-state index >= 15 is 0 Å². The molecule has 0 bridgehead atoms. The largest absolute Gasteiger partial charge is 0.485 e. The zero-order chi connectivity index (χ0) is 16.0. The van der Waals surface area contributed by atoms with Crippen molar-refractivity contribution in [2.75, 3.05) is 0 Å². The van der Waals surface area contributed by atoms with Crippen molar-refractivity contribution >= 4 is 11.9 Å². The summed E-state index contributed by atoms with van der Waals surface area (Å²) < 4.78 is 6.11. The molecular formula is C18H16N2O3. The summed E-state index contributed by atoms with van der Waals surface area (Å²) in [6.45, 7) is 1.95. The van der Waals surface area contributed by atoms with Gasteiger partial charge in [0, 0.05) is 12.0 Å². The fourth-order valence-corrected chi connectivity index (χ4v) is 3.34. The number of aryl methyl sites for hydroxylation is 1. The predicted molar refractivity (Wildman–Crippen MR) is 84.0 cm³/mol. The molecule has 2 aliphatic heterocycles. The normalized spacial score (nSPS) is 25.5. The quantitative estimate of drug-likeness (QED) is 0.796. The number of hydrogen-bond donors (Lipinski definition) is 2. The molecule has 2 aliphatic rings. The van der Waals surface area contributed by atoms with Crippen molar-refractivity contribution in [2.24, 2.45) is 0 Å². The first-order chi connectivity index (χ1) is 11.1. The number of rotatable bonds is 1. The predicted octanol–water partition coefficient (Wildman–Crippen LogP) is 2.55. The van der Waals surface area contributed by atoms with Crippen LogP contribution in [-0.2, 0) is 10.3 Å². The van der Waals surface area contributed by atoms with E-state index in [9.17, 15) is 9.59 Å². The Labute approximate surface area is 133 Å². The zero-order valence-electron chi connectivity index (χ0n) is 12.6. The summed E-state index contributed by atoms with van der Waals surface area (Å²) in [5.74, 6) is 0.312. The lowest BCUT2D eigenvalue weighted by atomic mass is 9.80. The van der Waals surface area contributed by atoms with Crippen LogP contribution in [0.2, 0.25) is 0 Å². The maximum Gasteiger partial charge on any atom is 0.322 e. The van der Waals surface area contributed by atoms with Crippen molar-refractivity contribution in [1.82, 2.24) is 10.6 Å². The van der Waals surface area contributed by atoms with Crippen molar-refractivity contribution in [1.29, 1.82) is 0 Å². The fourth-order valence-electron chi connectivity index (χ4n) is 3.34. The first-order valence-electron chi connectivity index (χ1n) is 7.55. The van der Waals surface area contributed by atoms with Gasteiger partial charge in [-0.3, -0.25) is 10.1 Å². The maximum absolute atomic E-state index is 12.6. The summed E-state index contributed by atoms with van der Waals surface area (Å²) in [4.78, 5) is 24.3. The van der Waals surface area contributed by atoms with Gasteiger partial charge in [0.2, 0.25) is 0 Å². The van der Waals surface area contributed by atoms with E-state index in [0.29, 0.717) is 17.7 Å². The number of carbonyl (C=O) groups is 2. The van der Waals surface area contributed by atoms with E-state index in [-0.39, 0.29) is 12.0 Å². The minimum atomic E-state index is -1.07. The van der Waals surface area contributed by atoms with Crippen molar-refractivity contribution in [3.05, 3.63) is 65.2 Å². The van der Waals surface area contributed by atoms with E-state index in [1.807, 2.05) is 55.5 Å². The number of benzene rings is 2. The van der Waals surface area contributed by atoms with Crippen LogP contribution in [0.1, 0.15) is 29.2 Å². The number of carbonyl (C=O) groups excluding carboxylic acids is 2. The second-order valence-electron chi connectivity index (χ2n) is 6.03. The number of hydrogen-bond acceptors (Lipinski definition) is 3. The third kappa shape index (κ3) is 2.08. The lowest BCUT2D eigenvalue weighted by molar-refractivity contribution is -0.126. The van der Waals surface area contributed by atoms with Crippen LogP contribution in [-0.4, -0.2) is 11.9 Å². The Hall–Kier alpha value is -2.82. The van der Waals surface area contributed by atoms with Gasteiger partial charge in [-0.2, -0.15) is 0 Å². The molecule has 0 saturated carbocycles. The molecule has 2 aromatic carbocycles. The number of amides is 3. The van der Waals surface area contributed by atoms with Crippen molar-refractivity contribution in [2.45, 2.75) is 25.0 Å². The van der Waals surface area contributed by atoms with Crippen LogP contribution in [0.15, 0.2) is 48.5 Å². The van der Waals surface area contributed by atoms with Crippen molar-refractivity contribution in [3.63, 3.8) is 0 Å². The minimum Gasteiger partial charge on any atom is -0.485 e. The Morgan fingerprint density at radius 1 is 1.13 bits per heavy atom. The molecule has 4 rings (SSSR count). The standard InChI is InChI=1S/C18H16N2O3/c1-11-7-8-14-13(9-11)18(16(21)19-17(22)20-18)10-15(23-14)12-5-3-2-4-6-12/h2-9,15H,10H2,1H3,(H2,19,20,21,22). The molecule has 0 radical (unpaired) electrons. The zero-order valence-corrected chi connectivity index (χ0v) is 12.6. The maximum atomic E-state index is 12.6. The number of nitrogens with one attached hydrogen (secondary N) is 2. The number of imide groups is 1. The van der Waals surface area contributed by atoms with Gasteiger partial charge in [-0.1, -0.05) is 42.0 Å². The highest BCUT2D eigenvalue weighted by Gasteiger charge is 2.53. The van der Waals surface area contributed by atoms with Gasteiger partial charge in [-0.05, 0) is 24.6 Å². The first-order valence-corrected chi connectivity index (χ1v) is 7.55. The molecule has 2 aromatic rings. The molecule has 2 heterocycles. The molecule has 0 aromatic heterocycles. The summed E-state index contributed by atoms with van der Waals surface area (Å²) in [6.07, 6.45) is 0.0703. The van der Waals surface area contributed by atoms with Crippen molar-refractivity contribution in [3.8, 4) is 5.75 Å². The third-order valence-electron chi connectivity index (χ3n) is 4.47. The van der Waals surface area contributed by atoms with Crippen LogP contribution in [0.5, 0.6) is 5.75 Å². The van der Waals surface area contributed by atoms with Crippen LogP contribution in [0.25, 0.3) is 0 Å². The monoisotopic (exact) mass is 308 g/mol. The van der Waals surface area contributed by atoms with Crippen LogP contribution in [0.4, 0.5) is 4.79 Å². The molecule has 5 heteroatoms. The number of fused-ring (bicyclic) bond motifs is 2. The van der Waals surface area contributed by atoms with Gasteiger partial charge in [0.05, 0.1) is 0 Å². The van der Waals surface area contributed by atoms with Gasteiger partial charge in [0.25, 0.3) is 5.91 Å². The molecule has 1 fully saturated rings. The molecular weight excluding hydrogens is 292 g/mol. The van der Waals surface area contributed by atoms with Crippen LogP contribution in [0.3, 0.4) is 0 Å². The Bertz CT molecular complexity index is 803. The summed E-state index contributed by atoms with van der Waals surface area (Å²) in [7, 11) is 0. The molecule has 1 saturated heterocycles. The Morgan fingerprint density at radius 2 is 1.91 bits per heavy atom. The van der Waals surface area contributed by atoms with Gasteiger partial charge < -0.3 is 10.1 Å². The van der Waals surface area contributed by atoms with E-state index in [4.69, 9.17) is 4.74 Å². The van der Waals surface area contributed by atoms with E-state index in [0.717, 1.165) is 11.1 Å². The van der Waals surface area contributed by atoms with Gasteiger partial charge in [0.15, 0.2) is 5.54 Å². The lowest BCUT2D eigenvalue weighted by Crippen LogP contribution is -2.48. The van der Waals surface area contributed by atoms with Crippen LogP contribution < -0.4 is 15.4 Å². The average Bonchev–Trinajstić information content (AvgIpc) is 2.83. The molecule has 5 nitrogen and oxygen atoms in total. The summed E-state index contributed by atoms with van der Waals surface area (Å²) in [5.41, 5.74) is 1.64. The average molecular weight is 308 g/mol. The SMILES string of the molecule is Cc1ccc2c(c1)C1(CC(c3ccccc3)O2)NC(=O)NC1=O. The summed E-state index contributed by atoms with van der Waals surface area (Å²) in [5, 5.41) is 5.19. The second-order valence-corrected chi connectivity index (χ2v) is 6.03. The van der Waals surface area contributed by atoms with E-state index in [2.05, 4.69) is 10.6 Å². The highest BCUT2D eigenvalue weighted by atomic mass is 16.5. The molecule has 116 valence electrons. The molecule has 23 heavy (non-hydrogen) atoms. The first kappa shape index (κ1) is 13.8. The van der Waals surface area contributed by atoms with E-state index in [1.54, 1.807) is 0 Å². The van der Waals surface area contributed by atoms with Crippen molar-refractivity contribution < 1.29 is 14.3 Å². The molecule has 2 unspecified atom stereocenters. The molecule has 0 aliphatic carbocycles. The smallest absolute Gasteiger partial charge is 0.322 e. The van der Waals surface area contributed by atoms with Crippen LogP contribution in [0, 0.1) is 6.92 Å². The van der Waals surface area contributed by atoms with Gasteiger partial charge >= 0.3 is 6.03 Å². The van der Waals surface area contributed by atoms with E-state index < -0.39 is 11.6 Å². The Kier molecular flexibility index (Phi) is 2.91. The highest BCUT2D eigenvalue weighted by molar-refractivity contribution is 6.08. The lowest BCUT2D eigenvalue weighted by Gasteiger charge is -2.38. The topological polar surface area (TPSA) is 67.4 Å². The van der Waals surface area contributed by atoms with Gasteiger partial charge in [-0.25, -0.2) is 4.79 Å². The number of ether oxygens (including phenoxy) is 1. The molecule has 2 atom stereocenters. The Morgan fingerprint density at radius 3 is 2.61 bits per heavy atom. The summed E-state index contributed by atoms with van der Waals surface area (Å²) in [6, 6.07) is 15.0.